The molecule has 1 heterocycles. The van der Waals surface area contributed by atoms with Crippen LogP contribution in [0.25, 0.3) is 88.5 Å². The minimum absolute atomic E-state index is 0.707. The number of rotatable bonds is 5. The average Bonchev–Trinajstić information content (AvgIpc) is 3.17. The van der Waals surface area contributed by atoms with Crippen molar-refractivity contribution in [3.63, 3.8) is 0 Å². The molecular weight excluding hydrogens is 581 g/mol. The van der Waals surface area contributed by atoms with Crippen LogP contribution in [0.4, 0.5) is 0 Å². The summed E-state index contributed by atoms with van der Waals surface area (Å²) in [6.45, 7) is 0. The highest BCUT2D eigenvalue weighted by Crippen LogP contribution is 2.40. The topological polar surface area (TPSA) is 25.8 Å². The van der Waals surface area contributed by atoms with E-state index in [9.17, 15) is 0 Å². The first-order valence-electron chi connectivity index (χ1n) is 16.3. The van der Waals surface area contributed by atoms with Crippen LogP contribution in [0.5, 0.6) is 0 Å². The summed E-state index contributed by atoms with van der Waals surface area (Å²) in [6.07, 6.45) is 0. The van der Waals surface area contributed by atoms with E-state index >= 15 is 0 Å². The van der Waals surface area contributed by atoms with E-state index in [-0.39, 0.29) is 0 Å². The molecule has 1 aromatic heterocycles. The predicted octanol–water partition coefficient (Wildman–Crippen LogP) is 12.3. The Morgan fingerprint density at radius 1 is 0.271 bits per heavy atom. The molecule has 0 fully saturated rings. The van der Waals surface area contributed by atoms with Crippen LogP contribution in [0.2, 0.25) is 0 Å². The lowest BCUT2D eigenvalue weighted by molar-refractivity contribution is 1.18. The summed E-state index contributed by atoms with van der Waals surface area (Å²) in [4.78, 5) is 10.2. The van der Waals surface area contributed by atoms with Crippen LogP contribution in [0.1, 0.15) is 0 Å². The van der Waals surface area contributed by atoms with Gasteiger partial charge in [-0.15, -0.1) is 0 Å². The smallest absolute Gasteiger partial charge is 0.160 e. The molecule has 0 aliphatic rings. The largest absolute Gasteiger partial charge is 0.228 e. The van der Waals surface area contributed by atoms with E-state index in [1.165, 1.54) is 54.6 Å². The average molecular weight is 611 g/mol. The van der Waals surface area contributed by atoms with Crippen LogP contribution < -0.4 is 0 Å². The second-order valence-electron chi connectivity index (χ2n) is 12.2. The Kier molecular flexibility index (Phi) is 6.84. The molecule has 0 aliphatic heterocycles. The molecule has 0 N–H and O–H groups in total. The molecule has 0 aliphatic carbocycles. The van der Waals surface area contributed by atoms with Gasteiger partial charge in [-0.05, 0) is 66.7 Å². The molecule has 0 bridgehead atoms. The standard InChI is InChI=1S/C46H30N2/c1-3-11-31(12-4-1)32-19-21-35(22-20-32)44-30-43(34-14-5-2-6-15-34)47-46(48-44)37-25-23-36(24-26-37)45-40-18-10-8-16-38(40)29-42-39-17-9-7-13-33(39)27-28-41(42)45/h1-30H. The van der Waals surface area contributed by atoms with Gasteiger partial charge in [-0.25, -0.2) is 9.97 Å². The Morgan fingerprint density at radius 2 is 0.771 bits per heavy atom. The third-order valence-electron chi connectivity index (χ3n) is 9.29. The summed E-state index contributed by atoms with van der Waals surface area (Å²) >= 11 is 0. The molecule has 0 atom stereocenters. The van der Waals surface area contributed by atoms with Crippen LogP contribution in [0.15, 0.2) is 182 Å². The number of aromatic nitrogens is 2. The Morgan fingerprint density at radius 3 is 1.48 bits per heavy atom. The zero-order valence-corrected chi connectivity index (χ0v) is 26.2. The summed E-state index contributed by atoms with van der Waals surface area (Å²) in [6, 6.07) is 64.5. The summed E-state index contributed by atoms with van der Waals surface area (Å²) in [7, 11) is 0. The van der Waals surface area contributed by atoms with Gasteiger partial charge in [0.2, 0.25) is 0 Å². The third-order valence-corrected chi connectivity index (χ3v) is 9.29. The molecule has 0 spiro atoms. The fraction of sp³-hybridized carbons (Fsp3) is 0. The minimum Gasteiger partial charge on any atom is -0.228 e. The number of nitrogens with zero attached hydrogens (tertiary/aromatic N) is 2. The van der Waals surface area contributed by atoms with Crippen molar-refractivity contribution in [3.8, 4) is 56.2 Å². The number of benzene rings is 8. The van der Waals surface area contributed by atoms with Crippen molar-refractivity contribution in [2.75, 3.05) is 0 Å². The molecule has 0 amide bonds. The van der Waals surface area contributed by atoms with Gasteiger partial charge in [-0.2, -0.15) is 0 Å². The predicted molar refractivity (Wildman–Crippen MR) is 202 cm³/mol. The number of hydrogen-bond donors (Lipinski definition) is 0. The van der Waals surface area contributed by atoms with Crippen molar-refractivity contribution in [3.05, 3.63) is 182 Å². The minimum atomic E-state index is 0.707. The van der Waals surface area contributed by atoms with E-state index in [0.29, 0.717) is 5.82 Å². The quantitative estimate of drug-likeness (QED) is 0.143. The maximum absolute atomic E-state index is 5.13. The monoisotopic (exact) mass is 610 g/mol. The zero-order valence-electron chi connectivity index (χ0n) is 26.2. The molecule has 0 saturated carbocycles. The number of fused-ring (bicyclic) bond motifs is 4. The van der Waals surface area contributed by atoms with Crippen molar-refractivity contribution in [2.24, 2.45) is 0 Å². The van der Waals surface area contributed by atoms with Crippen molar-refractivity contribution in [2.45, 2.75) is 0 Å². The van der Waals surface area contributed by atoms with Crippen molar-refractivity contribution in [1.82, 2.24) is 9.97 Å². The fourth-order valence-electron chi connectivity index (χ4n) is 6.86. The summed E-state index contributed by atoms with van der Waals surface area (Å²) in [5.41, 5.74) is 9.70. The van der Waals surface area contributed by atoms with Gasteiger partial charge in [-0.3, -0.25) is 0 Å². The second kappa shape index (κ2) is 11.8. The van der Waals surface area contributed by atoms with E-state index in [1.807, 2.05) is 12.1 Å². The van der Waals surface area contributed by atoms with E-state index in [2.05, 4.69) is 170 Å². The Balaban J connectivity index is 1.17. The summed E-state index contributed by atoms with van der Waals surface area (Å²) < 4.78 is 0. The van der Waals surface area contributed by atoms with Gasteiger partial charge in [0.1, 0.15) is 0 Å². The Bertz CT molecular complexity index is 2570. The first-order valence-corrected chi connectivity index (χ1v) is 16.3. The lowest BCUT2D eigenvalue weighted by Gasteiger charge is -2.15. The highest BCUT2D eigenvalue weighted by atomic mass is 14.9. The van der Waals surface area contributed by atoms with Gasteiger partial charge in [0, 0.05) is 16.7 Å². The first-order chi connectivity index (χ1) is 23.8. The van der Waals surface area contributed by atoms with Gasteiger partial charge in [0.25, 0.3) is 0 Å². The Hall–Kier alpha value is -6.38. The van der Waals surface area contributed by atoms with Gasteiger partial charge < -0.3 is 0 Å². The molecule has 48 heavy (non-hydrogen) atoms. The van der Waals surface area contributed by atoms with Crippen LogP contribution in [0.3, 0.4) is 0 Å². The molecule has 0 radical (unpaired) electrons. The van der Waals surface area contributed by atoms with E-state index in [4.69, 9.17) is 9.97 Å². The highest BCUT2D eigenvalue weighted by Gasteiger charge is 2.14. The lowest BCUT2D eigenvalue weighted by atomic mass is 9.89. The number of hydrogen-bond acceptors (Lipinski definition) is 2. The van der Waals surface area contributed by atoms with Gasteiger partial charge in [0.15, 0.2) is 5.82 Å². The van der Waals surface area contributed by atoms with Crippen LogP contribution in [-0.4, -0.2) is 9.97 Å². The lowest BCUT2D eigenvalue weighted by Crippen LogP contribution is -1.96. The van der Waals surface area contributed by atoms with Crippen LogP contribution in [0, 0.1) is 0 Å². The molecule has 2 heteroatoms. The van der Waals surface area contributed by atoms with Crippen LogP contribution in [-0.2, 0) is 0 Å². The van der Waals surface area contributed by atoms with Crippen molar-refractivity contribution >= 4 is 32.3 Å². The van der Waals surface area contributed by atoms with Crippen LogP contribution >= 0.6 is 0 Å². The second-order valence-corrected chi connectivity index (χ2v) is 12.2. The molecule has 2 nitrogen and oxygen atoms in total. The maximum atomic E-state index is 5.13. The zero-order chi connectivity index (χ0) is 31.9. The molecule has 0 saturated heterocycles. The fourth-order valence-corrected chi connectivity index (χ4v) is 6.86. The molecule has 0 unspecified atom stereocenters. The van der Waals surface area contributed by atoms with Gasteiger partial charge in [-0.1, -0.05) is 170 Å². The van der Waals surface area contributed by atoms with E-state index < -0.39 is 0 Å². The van der Waals surface area contributed by atoms with Gasteiger partial charge >= 0.3 is 0 Å². The van der Waals surface area contributed by atoms with Gasteiger partial charge in [0.05, 0.1) is 11.4 Å². The molecular formula is C46H30N2. The van der Waals surface area contributed by atoms with E-state index in [0.717, 1.165) is 28.1 Å². The SMILES string of the molecule is c1ccc(-c2ccc(-c3cc(-c4ccccc4)nc(-c4ccc(-c5c6ccccc6cc6c5ccc5ccccc56)cc4)n3)cc2)cc1. The third kappa shape index (κ3) is 5.01. The van der Waals surface area contributed by atoms with Crippen molar-refractivity contribution < 1.29 is 0 Å². The highest BCUT2D eigenvalue weighted by molar-refractivity contribution is 6.20. The molecule has 224 valence electrons. The molecule has 9 rings (SSSR count). The molecule has 8 aromatic carbocycles. The first kappa shape index (κ1) is 27.9. The van der Waals surface area contributed by atoms with E-state index in [1.54, 1.807) is 0 Å². The van der Waals surface area contributed by atoms with Crippen molar-refractivity contribution in [1.29, 1.82) is 0 Å². The Labute approximate surface area is 279 Å². The maximum Gasteiger partial charge on any atom is 0.160 e. The summed E-state index contributed by atoms with van der Waals surface area (Å²) in [5, 5.41) is 7.53. The molecule has 9 aromatic rings. The normalized spacial score (nSPS) is 11.3. The summed E-state index contributed by atoms with van der Waals surface area (Å²) in [5.74, 6) is 0.707.